The average molecular weight is 461 g/mol. The van der Waals surface area contributed by atoms with Crippen LogP contribution in [0, 0.1) is 5.82 Å². The Kier molecular flexibility index (Phi) is 8.91. The van der Waals surface area contributed by atoms with Crippen molar-refractivity contribution in [3.8, 4) is 5.75 Å². The normalized spacial score (nSPS) is 15.1. The number of carbonyl (C=O) groups excluding carboxylic acids is 2. The molecular weight excluding hydrogens is 431 g/mol. The number of carbonyl (C=O) groups is 2. The smallest absolute Gasteiger partial charge is 0.261 e. The molecule has 0 aromatic heterocycles. The Balaban J connectivity index is 1.77. The van der Waals surface area contributed by atoms with E-state index in [2.05, 4.69) is 5.32 Å². The van der Waals surface area contributed by atoms with Crippen molar-refractivity contribution in [2.75, 3.05) is 6.61 Å². The summed E-state index contributed by atoms with van der Waals surface area (Å²) < 4.78 is 19.4. The highest BCUT2D eigenvalue weighted by Crippen LogP contribution is 2.22. The molecule has 0 spiro atoms. The lowest BCUT2D eigenvalue weighted by atomic mass is 9.95. The molecule has 1 aliphatic carbocycles. The first-order valence-electron chi connectivity index (χ1n) is 11.2. The van der Waals surface area contributed by atoms with Crippen LogP contribution in [-0.4, -0.2) is 35.4 Å². The third-order valence-corrected chi connectivity index (χ3v) is 6.19. The second-order valence-corrected chi connectivity index (χ2v) is 8.51. The van der Waals surface area contributed by atoms with Gasteiger partial charge in [-0.1, -0.05) is 68.1 Å². The highest BCUT2D eigenvalue weighted by Gasteiger charge is 2.31. The Bertz CT molecular complexity index is 918. The zero-order valence-corrected chi connectivity index (χ0v) is 19.1. The molecule has 1 fully saturated rings. The molecule has 32 heavy (non-hydrogen) atoms. The molecule has 1 N–H and O–H groups in total. The van der Waals surface area contributed by atoms with Crippen molar-refractivity contribution in [1.82, 2.24) is 10.2 Å². The van der Waals surface area contributed by atoms with E-state index in [1.807, 2.05) is 25.1 Å². The molecule has 2 amide bonds. The number of nitrogens with zero attached hydrogens (tertiary/aromatic N) is 1. The van der Waals surface area contributed by atoms with Gasteiger partial charge in [-0.3, -0.25) is 9.59 Å². The minimum atomic E-state index is -0.676. The highest BCUT2D eigenvalue weighted by atomic mass is 35.5. The molecule has 172 valence electrons. The van der Waals surface area contributed by atoms with E-state index in [0.717, 1.165) is 31.2 Å². The summed E-state index contributed by atoms with van der Waals surface area (Å²) in [6, 6.07) is 12.6. The molecule has 0 saturated heterocycles. The summed E-state index contributed by atoms with van der Waals surface area (Å²) in [6.45, 7) is 1.66. The monoisotopic (exact) mass is 460 g/mol. The van der Waals surface area contributed by atoms with Crippen molar-refractivity contribution in [2.24, 2.45) is 0 Å². The van der Waals surface area contributed by atoms with Gasteiger partial charge in [0.05, 0.1) is 0 Å². The van der Waals surface area contributed by atoms with Crippen molar-refractivity contribution in [3.63, 3.8) is 0 Å². The molecule has 0 bridgehead atoms. The Hall–Kier alpha value is -2.60. The Morgan fingerprint density at radius 1 is 1.12 bits per heavy atom. The van der Waals surface area contributed by atoms with Crippen molar-refractivity contribution in [3.05, 3.63) is 64.9 Å². The van der Waals surface area contributed by atoms with Crippen LogP contribution in [0.3, 0.4) is 0 Å². The molecule has 1 saturated carbocycles. The predicted octanol–water partition coefficient (Wildman–Crippen LogP) is 5.11. The maximum Gasteiger partial charge on any atom is 0.261 e. The minimum Gasteiger partial charge on any atom is -0.481 e. The number of para-hydroxylation sites is 1. The summed E-state index contributed by atoms with van der Waals surface area (Å²) in [5.74, 6) is -1.12. The molecule has 0 aliphatic heterocycles. The minimum absolute atomic E-state index is 0.00162. The number of halogens is 2. The summed E-state index contributed by atoms with van der Waals surface area (Å²) >= 11 is 6.33. The first kappa shape index (κ1) is 24.1. The van der Waals surface area contributed by atoms with Crippen LogP contribution in [0.5, 0.6) is 5.75 Å². The number of rotatable bonds is 9. The molecule has 0 radical (unpaired) electrons. The Morgan fingerprint density at radius 2 is 1.81 bits per heavy atom. The van der Waals surface area contributed by atoms with Crippen LogP contribution in [0.2, 0.25) is 5.02 Å². The van der Waals surface area contributed by atoms with Crippen LogP contribution in [0.1, 0.15) is 51.0 Å². The first-order valence-corrected chi connectivity index (χ1v) is 11.6. The van der Waals surface area contributed by atoms with Crippen LogP contribution in [-0.2, 0) is 16.1 Å². The van der Waals surface area contributed by atoms with E-state index in [-0.39, 0.29) is 30.9 Å². The van der Waals surface area contributed by atoms with E-state index in [1.165, 1.54) is 23.5 Å². The topological polar surface area (TPSA) is 58.6 Å². The zero-order chi connectivity index (χ0) is 22.9. The third kappa shape index (κ3) is 6.45. The highest BCUT2D eigenvalue weighted by molar-refractivity contribution is 6.31. The fourth-order valence-electron chi connectivity index (χ4n) is 4.06. The van der Waals surface area contributed by atoms with Gasteiger partial charge in [-0.2, -0.15) is 0 Å². The lowest BCUT2D eigenvalue weighted by Gasteiger charge is -2.33. The predicted molar refractivity (Wildman–Crippen MR) is 123 cm³/mol. The van der Waals surface area contributed by atoms with E-state index in [0.29, 0.717) is 11.4 Å². The summed E-state index contributed by atoms with van der Waals surface area (Å²) in [4.78, 5) is 27.8. The molecule has 3 rings (SSSR count). The molecule has 0 unspecified atom stereocenters. The largest absolute Gasteiger partial charge is 0.481 e. The average Bonchev–Trinajstić information content (AvgIpc) is 2.80. The van der Waals surface area contributed by atoms with Gasteiger partial charge in [0, 0.05) is 17.6 Å². The maximum absolute atomic E-state index is 13.9. The molecule has 2 aromatic carbocycles. The second kappa shape index (κ2) is 11.9. The number of amides is 2. The van der Waals surface area contributed by atoms with Gasteiger partial charge in [0.15, 0.2) is 18.2 Å². The van der Waals surface area contributed by atoms with Gasteiger partial charge < -0.3 is 15.0 Å². The van der Waals surface area contributed by atoms with E-state index in [1.54, 1.807) is 18.2 Å². The first-order chi connectivity index (χ1) is 15.5. The number of benzene rings is 2. The Morgan fingerprint density at radius 3 is 2.50 bits per heavy atom. The van der Waals surface area contributed by atoms with Gasteiger partial charge in [0.1, 0.15) is 6.04 Å². The van der Waals surface area contributed by atoms with E-state index in [9.17, 15) is 14.0 Å². The third-order valence-electron chi connectivity index (χ3n) is 5.82. The van der Waals surface area contributed by atoms with E-state index in [4.69, 9.17) is 16.3 Å². The van der Waals surface area contributed by atoms with Crippen molar-refractivity contribution in [2.45, 2.75) is 64.1 Å². The van der Waals surface area contributed by atoms with E-state index < -0.39 is 17.8 Å². The van der Waals surface area contributed by atoms with Crippen molar-refractivity contribution in [1.29, 1.82) is 0 Å². The Labute approximate surface area is 193 Å². The van der Waals surface area contributed by atoms with Gasteiger partial charge in [-0.05, 0) is 43.0 Å². The van der Waals surface area contributed by atoms with Crippen LogP contribution in [0.15, 0.2) is 48.5 Å². The number of hydrogen-bond donors (Lipinski definition) is 1. The zero-order valence-electron chi connectivity index (χ0n) is 18.4. The van der Waals surface area contributed by atoms with Crippen LogP contribution in [0.25, 0.3) is 0 Å². The molecule has 0 heterocycles. The molecular formula is C25H30ClFN2O3. The molecule has 1 aliphatic rings. The molecule has 1 atom stereocenters. The molecule has 5 nitrogen and oxygen atoms in total. The number of hydrogen-bond acceptors (Lipinski definition) is 3. The fourth-order valence-corrected chi connectivity index (χ4v) is 4.25. The van der Waals surface area contributed by atoms with Gasteiger partial charge >= 0.3 is 0 Å². The van der Waals surface area contributed by atoms with Crippen LogP contribution in [0.4, 0.5) is 4.39 Å². The molecule has 2 aromatic rings. The summed E-state index contributed by atoms with van der Waals surface area (Å²) in [5, 5.41) is 3.64. The lowest BCUT2D eigenvalue weighted by Crippen LogP contribution is -2.52. The number of ether oxygens (including phenoxy) is 1. The maximum atomic E-state index is 13.9. The van der Waals surface area contributed by atoms with Gasteiger partial charge in [0.25, 0.3) is 5.91 Å². The summed E-state index contributed by atoms with van der Waals surface area (Å²) in [6.07, 6.45) is 5.73. The van der Waals surface area contributed by atoms with Crippen molar-refractivity contribution < 1.29 is 18.7 Å². The van der Waals surface area contributed by atoms with Crippen LogP contribution >= 0.6 is 11.6 Å². The quantitative estimate of drug-likeness (QED) is 0.565. The van der Waals surface area contributed by atoms with Gasteiger partial charge in [-0.15, -0.1) is 0 Å². The van der Waals surface area contributed by atoms with E-state index >= 15 is 0 Å². The summed E-state index contributed by atoms with van der Waals surface area (Å²) in [5.41, 5.74) is 0.734. The van der Waals surface area contributed by atoms with Crippen LogP contribution < -0.4 is 10.1 Å². The summed E-state index contributed by atoms with van der Waals surface area (Å²) in [7, 11) is 0. The fraction of sp³-hybridized carbons (Fsp3) is 0.440. The van der Waals surface area contributed by atoms with Crippen molar-refractivity contribution >= 4 is 23.4 Å². The number of nitrogens with one attached hydrogen (secondary N) is 1. The van der Waals surface area contributed by atoms with Gasteiger partial charge in [0.2, 0.25) is 5.91 Å². The molecule has 7 heteroatoms. The SMILES string of the molecule is CC[C@H](C(=O)NC1CCCCC1)N(Cc1ccccc1Cl)C(=O)COc1ccccc1F. The lowest BCUT2D eigenvalue weighted by molar-refractivity contribution is -0.143. The van der Waals surface area contributed by atoms with Gasteiger partial charge in [-0.25, -0.2) is 4.39 Å². The standard InChI is InChI=1S/C25H30ClFN2O3/c1-2-22(25(31)28-19-11-4-3-5-12-19)29(16-18-10-6-7-13-20(18)26)24(30)17-32-23-15-9-8-14-21(23)27/h6-10,13-15,19,22H,2-5,11-12,16-17H2,1H3,(H,28,31)/t22-/m1/s1. The second-order valence-electron chi connectivity index (χ2n) is 8.10.